The van der Waals surface area contributed by atoms with Crippen molar-refractivity contribution < 1.29 is 14.3 Å². The number of ether oxygens (including phenoxy) is 1. The first-order chi connectivity index (χ1) is 9.66. The minimum absolute atomic E-state index is 0.0252. The third-order valence-corrected chi connectivity index (χ3v) is 4.09. The third-order valence-electron chi connectivity index (χ3n) is 4.09. The lowest BCUT2D eigenvalue weighted by Gasteiger charge is -2.27. The molecule has 1 saturated heterocycles. The number of nitrogens with zero attached hydrogens (tertiary/aromatic N) is 1. The van der Waals surface area contributed by atoms with E-state index in [0.29, 0.717) is 39.3 Å². The first-order valence-electron chi connectivity index (χ1n) is 7.55. The summed E-state index contributed by atoms with van der Waals surface area (Å²) in [5.41, 5.74) is 5.88. The second-order valence-corrected chi connectivity index (χ2v) is 5.66. The summed E-state index contributed by atoms with van der Waals surface area (Å²) in [6.07, 6.45) is 4.08. The zero-order valence-electron chi connectivity index (χ0n) is 12.0. The van der Waals surface area contributed by atoms with Gasteiger partial charge >= 0.3 is 0 Å². The molecule has 0 aromatic heterocycles. The van der Waals surface area contributed by atoms with Gasteiger partial charge in [0.15, 0.2) is 0 Å². The predicted molar refractivity (Wildman–Crippen MR) is 75.0 cm³/mol. The van der Waals surface area contributed by atoms with Crippen LogP contribution in [0.2, 0.25) is 0 Å². The highest BCUT2D eigenvalue weighted by atomic mass is 16.5. The van der Waals surface area contributed by atoms with Crippen LogP contribution in [-0.4, -0.2) is 55.6 Å². The van der Waals surface area contributed by atoms with E-state index >= 15 is 0 Å². The van der Waals surface area contributed by atoms with Crippen molar-refractivity contribution in [2.24, 2.45) is 11.7 Å². The molecule has 6 heteroatoms. The average Bonchev–Trinajstić information content (AvgIpc) is 2.48. The Bertz CT molecular complexity index is 343. The molecule has 1 aliphatic heterocycles. The monoisotopic (exact) mass is 283 g/mol. The molecule has 0 aromatic carbocycles. The number of nitrogens with one attached hydrogen (secondary N) is 1. The fraction of sp³-hybridized carbons (Fsp3) is 0.857. The molecule has 20 heavy (non-hydrogen) atoms. The van der Waals surface area contributed by atoms with Crippen molar-refractivity contribution in [2.75, 3.05) is 32.8 Å². The molecule has 2 unspecified atom stereocenters. The number of rotatable bonds is 4. The Hall–Kier alpha value is -1.14. The molecular formula is C14H25N3O3. The van der Waals surface area contributed by atoms with E-state index in [2.05, 4.69) is 5.32 Å². The molecule has 1 heterocycles. The van der Waals surface area contributed by atoms with E-state index in [-0.39, 0.29) is 23.8 Å². The molecule has 0 radical (unpaired) electrons. The van der Waals surface area contributed by atoms with Crippen LogP contribution in [0.25, 0.3) is 0 Å². The maximum absolute atomic E-state index is 12.0. The Balaban J connectivity index is 1.64. The summed E-state index contributed by atoms with van der Waals surface area (Å²) in [6, 6.07) is 0.148. The summed E-state index contributed by atoms with van der Waals surface area (Å²) in [5.74, 6) is 0.168. The van der Waals surface area contributed by atoms with Crippen LogP contribution in [0.5, 0.6) is 0 Å². The summed E-state index contributed by atoms with van der Waals surface area (Å²) >= 11 is 0. The zero-order chi connectivity index (χ0) is 14.4. The molecule has 1 aliphatic carbocycles. The zero-order valence-corrected chi connectivity index (χ0v) is 12.0. The predicted octanol–water partition coefficient (Wildman–Crippen LogP) is -0.131. The quantitative estimate of drug-likeness (QED) is 0.752. The van der Waals surface area contributed by atoms with E-state index in [0.717, 1.165) is 25.7 Å². The van der Waals surface area contributed by atoms with E-state index in [4.69, 9.17) is 10.5 Å². The van der Waals surface area contributed by atoms with Crippen molar-refractivity contribution in [3.8, 4) is 0 Å². The minimum atomic E-state index is 0.0252. The molecular weight excluding hydrogens is 258 g/mol. The molecule has 2 rings (SSSR count). The number of carbonyl (C=O) groups is 2. The molecule has 2 atom stereocenters. The second kappa shape index (κ2) is 7.59. The van der Waals surface area contributed by atoms with Crippen molar-refractivity contribution in [2.45, 2.75) is 38.1 Å². The minimum Gasteiger partial charge on any atom is -0.378 e. The first kappa shape index (κ1) is 15.3. The van der Waals surface area contributed by atoms with Gasteiger partial charge in [0.05, 0.1) is 13.2 Å². The Kier molecular flexibility index (Phi) is 5.79. The highest BCUT2D eigenvalue weighted by Crippen LogP contribution is 2.23. The number of carbonyl (C=O) groups excluding carboxylic acids is 2. The topological polar surface area (TPSA) is 84.7 Å². The molecule has 0 spiro atoms. The van der Waals surface area contributed by atoms with E-state index in [9.17, 15) is 9.59 Å². The summed E-state index contributed by atoms with van der Waals surface area (Å²) in [5, 5.41) is 2.87. The number of hydrogen-bond acceptors (Lipinski definition) is 4. The van der Waals surface area contributed by atoms with Gasteiger partial charge in [-0.1, -0.05) is 6.42 Å². The van der Waals surface area contributed by atoms with E-state index < -0.39 is 0 Å². The highest BCUT2D eigenvalue weighted by Gasteiger charge is 2.25. The lowest BCUT2D eigenvalue weighted by molar-refractivity contribution is -0.135. The van der Waals surface area contributed by atoms with E-state index in [1.807, 2.05) is 0 Å². The van der Waals surface area contributed by atoms with Gasteiger partial charge in [-0.3, -0.25) is 9.59 Å². The molecule has 2 fully saturated rings. The van der Waals surface area contributed by atoms with Gasteiger partial charge in [-0.2, -0.15) is 0 Å². The molecule has 0 bridgehead atoms. The number of hydrogen-bond donors (Lipinski definition) is 2. The lowest BCUT2D eigenvalue weighted by atomic mass is 9.85. The summed E-state index contributed by atoms with van der Waals surface area (Å²) in [7, 11) is 0. The maximum Gasteiger partial charge on any atom is 0.224 e. The van der Waals surface area contributed by atoms with Gasteiger partial charge in [-0.25, -0.2) is 0 Å². The Morgan fingerprint density at radius 3 is 2.70 bits per heavy atom. The van der Waals surface area contributed by atoms with Gasteiger partial charge in [0.25, 0.3) is 0 Å². The highest BCUT2D eigenvalue weighted by molar-refractivity contribution is 5.80. The van der Waals surface area contributed by atoms with Gasteiger partial charge in [0.1, 0.15) is 0 Å². The van der Waals surface area contributed by atoms with Crippen LogP contribution in [0.1, 0.15) is 32.1 Å². The van der Waals surface area contributed by atoms with Crippen LogP contribution in [0.15, 0.2) is 0 Å². The number of amides is 2. The summed E-state index contributed by atoms with van der Waals surface area (Å²) in [6.45, 7) is 2.95. The van der Waals surface area contributed by atoms with Gasteiger partial charge in [-0.05, 0) is 19.3 Å². The molecule has 114 valence electrons. The molecule has 2 amide bonds. The fourth-order valence-corrected chi connectivity index (χ4v) is 2.87. The van der Waals surface area contributed by atoms with Gasteiger partial charge < -0.3 is 20.7 Å². The molecule has 2 aliphatic rings. The van der Waals surface area contributed by atoms with Crippen molar-refractivity contribution >= 4 is 11.8 Å². The van der Waals surface area contributed by atoms with Gasteiger partial charge in [0.2, 0.25) is 11.8 Å². The fourth-order valence-electron chi connectivity index (χ4n) is 2.87. The average molecular weight is 283 g/mol. The largest absolute Gasteiger partial charge is 0.378 e. The normalized spacial score (nSPS) is 27.1. The van der Waals surface area contributed by atoms with Crippen LogP contribution >= 0.6 is 0 Å². The molecule has 0 aromatic rings. The molecule has 3 N–H and O–H groups in total. The Labute approximate surface area is 120 Å². The Morgan fingerprint density at radius 2 is 2.00 bits per heavy atom. The van der Waals surface area contributed by atoms with Crippen molar-refractivity contribution in [1.82, 2.24) is 10.2 Å². The summed E-state index contributed by atoms with van der Waals surface area (Å²) in [4.78, 5) is 25.7. The lowest BCUT2D eigenvalue weighted by Crippen LogP contribution is -2.43. The van der Waals surface area contributed by atoms with Gasteiger partial charge in [-0.15, -0.1) is 0 Å². The summed E-state index contributed by atoms with van der Waals surface area (Å²) < 4.78 is 5.21. The van der Waals surface area contributed by atoms with Crippen LogP contribution < -0.4 is 11.1 Å². The van der Waals surface area contributed by atoms with Crippen LogP contribution in [0.4, 0.5) is 0 Å². The van der Waals surface area contributed by atoms with E-state index in [1.165, 1.54) is 0 Å². The smallest absolute Gasteiger partial charge is 0.224 e. The second-order valence-electron chi connectivity index (χ2n) is 5.66. The molecule has 6 nitrogen and oxygen atoms in total. The number of morpholine rings is 1. The number of nitrogens with two attached hydrogens (primary N) is 1. The van der Waals surface area contributed by atoms with Crippen LogP contribution in [0, 0.1) is 5.92 Å². The standard InChI is InChI=1S/C14H25N3O3/c15-12-3-1-2-11(10-12)14(19)16-5-4-13(18)17-6-8-20-9-7-17/h11-12H,1-10,15H2,(H,16,19). The SMILES string of the molecule is NC1CCCC(C(=O)NCCC(=O)N2CCOCC2)C1. The van der Waals surface area contributed by atoms with Crippen molar-refractivity contribution in [1.29, 1.82) is 0 Å². The maximum atomic E-state index is 12.0. The van der Waals surface area contributed by atoms with E-state index in [1.54, 1.807) is 4.90 Å². The third kappa shape index (κ3) is 4.45. The molecule has 1 saturated carbocycles. The van der Waals surface area contributed by atoms with Crippen LogP contribution in [-0.2, 0) is 14.3 Å². The van der Waals surface area contributed by atoms with Gasteiger partial charge in [0, 0.05) is 38.0 Å². The Morgan fingerprint density at radius 1 is 1.25 bits per heavy atom. The first-order valence-corrected chi connectivity index (χ1v) is 7.55. The van der Waals surface area contributed by atoms with Crippen molar-refractivity contribution in [3.05, 3.63) is 0 Å². The van der Waals surface area contributed by atoms with Crippen molar-refractivity contribution in [3.63, 3.8) is 0 Å². The van der Waals surface area contributed by atoms with Crippen LogP contribution in [0.3, 0.4) is 0 Å².